The lowest BCUT2D eigenvalue weighted by Crippen LogP contribution is -2.54. The van der Waals surface area contributed by atoms with E-state index in [0.29, 0.717) is 19.8 Å². The first-order valence-corrected chi connectivity index (χ1v) is 6.21. The summed E-state index contributed by atoms with van der Waals surface area (Å²) in [6.45, 7) is 5.95. The Balaban J connectivity index is 2.10. The van der Waals surface area contributed by atoms with Gasteiger partial charge in [0.25, 0.3) is 0 Å². The Labute approximate surface area is 111 Å². The van der Waals surface area contributed by atoms with Crippen LogP contribution in [0.4, 0.5) is 8.78 Å². The van der Waals surface area contributed by atoms with E-state index in [9.17, 15) is 13.6 Å². The number of carbonyl (C=O) groups is 1. The maximum absolute atomic E-state index is 13.1. The van der Waals surface area contributed by atoms with Gasteiger partial charge in [-0.2, -0.15) is 0 Å². The number of hydrogen-bond acceptors (Lipinski definition) is 3. The summed E-state index contributed by atoms with van der Waals surface area (Å²) in [7, 11) is 0. The zero-order valence-electron chi connectivity index (χ0n) is 11.1. The van der Waals surface area contributed by atoms with Crippen LogP contribution in [-0.2, 0) is 4.74 Å². The molecule has 0 aliphatic carbocycles. The van der Waals surface area contributed by atoms with Gasteiger partial charge in [-0.1, -0.05) is 0 Å². The van der Waals surface area contributed by atoms with Crippen LogP contribution in [-0.4, -0.2) is 42.5 Å². The van der Waals surface area contributed by atoms with Crippen LogP contribution in [0.2, 0.25) is 0 Å². The quantitative estimate of drug-likeness (QED) is 0.788. The molecule has 0 atom stereocenters. The van der Waals surface area contributed by atoms with Crippen molar-refractivity contribution in [3.63, 3.8) is 0 Å². The number of rotatable bonds is 3. The second kappa shape index (κ2) is 5.35. The van der Waals surface area contributed by atoms with Crippen LogP contribution in [0.3, 0.4) is 0 Å². The zero-order chi connectivity index (χ0) is 14.0. The van der Waals surface area contributed by atoms with Gasteiger partial charge in [-0.15, -0.1) is 0 Å². The topological polar surface area (TPSA) is 29.5 Å². The molecule has 0 saturated carbocycles. The number of hydrogen-bond donors (Lipinski definition) is 0. The highest BCUT2D eigenvalue weighted by atomic mass is 19.2. The molecule has 0 radical (unpaired) electrons. The summed E-state index contributed by atoms with van der Waals surface area (Å²) < 4.78 is 31.3. The molecule has 1 heterocycles. The van der Waals surface area contributed by atoms with Crippen LogP contribution in [0, 0.1) is 11.6 Å². The Hall–Kier alpha value is -1.33. The molecule has 1 aliphatic rings. The van der Waals surface area contributed by atoms with Gasteiger partial charge in [0.1, 0.15) is 0 Å². The van der Waals surface area contributed by atoms with Gasteiger partial charge in [0, 0.05) is 17.6 Å². The van der Waals surface area contributed by atoms with Gasteiger partial charge >= 0.3 is 0 Å². The molecule has 3 nitrogen and oxygen atoms in total. The van der Waals surface area contributed by atoms with Crippen LogP contribution < -0.4 is 0 Å². The number of benzene rings is 1. The SMILES string of the molecule is CC1(C)COCCN1CC(=O)c1ccc(F)c(F)c1. The van der Waals surface area contributed by atoms with Gasteiger partial charge in [-0.3, -0.25) is 9.69 Å². The minimum absolute atomic E-state index is 0.182. The highest BCUT2D eigenvalue weighted by Crippen LogP contribution is 2.19. The second-order valence-corrected chi connectivity index (χ2v) is 5.34. The Morgan fingerprint density at radius 3 is 2.74 bits per heavy atom. The van der Waals surface area contributed by atoms with E-state index in [-0.39, 0.29) is 23.4 Å². The molecule has 104 valence electrons. The van der Waals surface area contributed by atoms with Gasteiger partial charge in [0.15, 0.2) is 17.4 Å². The number of ether oxygens (including phenoxy) is 1. The molecule has 1 aromatic rings. The highest BCUT2D eigenvalue weighted by molar-refractivity contribution is 5.97. The number of halogens is 2. The lowest BCUT2D eigenvalue weighted by atomic mass is 10.0. The molecule has 0 bridgehead atoms. The first-order chi connectivity index (χ1) is 8.90. The molecule has 19 heavy (non-hydrogen) atoms. The molecule has 1 fully saturated rings. The third kappa shape index (κ3) is 3.16. The largest absolute Gasteiger partial charge is 0.378 e. The molecule has 2 rings (SSSR count). The molecule has 1 saturated heterocycles. The average Bonchev–Trinajstić information content (AvgIpc) is 2.35. The third-order valence-electron chi connectivity index (χ3n) is 3.39. The van der Waals surface area contributed by atoms with Gasteiger partial charge in [0.2, 0.25) is 0 Å². The summed E-state index contributed by atoms with van der Waals surface area (Å²) in [6, 6.07) is 3.24. The summed E-state index contributed by atoms with van der Waals surface area (Å²) in [6.07, 6.45) is 0. The van der Waals surface area contributed by atoms with Crippen LogP contribution in [0.25, 0.3) is 0 Å². The first-order valence-electron chi connectivity index (χ1n) is 6.21. The predicted molar refractivity (Wildman–Crippen MR) is 67.2 cm³/mol. The third-order valence-corrected chi connectivity index (χ3v) is 3.39. The predicted octanol–water partition coefficient (Wildman–Crippen LogP) is 2.26. The summed E-state index contributed by atoms with van der Waals surface area (Å²) >= 11 is 0. The fourth-order valence-corrected chi connectivity index (χ4v) is 2.12. The minimum atomic E-state index is -0.993. The molecule has 5 heteroatoms. The van der Waals surface area contributed by atoms with Crippen LogP contribution >= 0.6 is 0 Å². The smallest absolute Gasteiger partial charge is 0.176 e. The summed E-state index contributed by atoms with van der Waals surface area (Å²) in [4.78, 5) is 14.1. The number of morpholine rings is 1. The summed E-state index contributed by atoms with van der Waals surface area (Å²) in [5.74, 6) is -2.15. The number of carbonyl (C=O) groups excluding carboxylic acids is 1. The van der Waals surface area contributed by atoms with Crippen molar-refractivity contribution in [3.05, 3.63) is 35.4 Å². The standard InChI is InChI=1S/C14H17F2NO2/c1-14(2)9-19-6-5-17(14)8-13(18)10-3-4-11(15)12(16)7-10/h3-4,7H,5-6,8-9H2,1-2H3. The molecular formula is C14H17F2NO2. The number of ketones is 1. The summed E-state index contributed by atoms with van der Waals surface area (Å²) in [5, 5.41) is 0. The highest BCUT2D eigenvalue weighted by Gasteiger charge is 2.31. The Morgan fingerprint density at radius 2 is 2.11 bits per heavy atom. The molecule has 1 aromatic carbocycles. The van der Waals surface area contributed by atoms with Crippen molar-refractivity contribution in [1.29, 1.82) is 0 Å². The van der Waals surface area contributed by atoms with Crippen LogP contribution in [0.5, 0.6) is 0 Å². The van der Waals surface area contributed by atoms with E-state index in [2.05, 4.69) is 0 Å². The maximum atomic E-state index is 13.1. The Kier molecular flexibility index (Phi) is 3.96. The molecule has 0 aromatic heterocycles. The molecule has 0 amide bonds. The van der Waals surface area contributed by atoms with Crippen molar-refractivity contribution < 1.29 is 18.3 Å². The monoisotopic (exact) mass is 269 g/mol. The number of nitrogens with zero attached hydrogens (tertiary/aromatic N) is 1. The Bertz CT molecular complexity index is 488. The summed E-state index contributed by atoms with van der Waals surface area (Å²) in [5.41, 5.74) is -0.0341. The molecule has 0 spiro atoms. The van der Waals surface area contributed by atoms with Crippen molar-refractivity contribution in [2.24, 2.45) is 0 Å². The first kappa shape index (κ1) is 14.1. The van der Waals surface area contributed by atoms with Gasteiger partial charge in [-0.05, 0) is 32.0 Å². The molecule has 0 N–H and O–H groups in total. The van der Waals surface area contributed by atoms with Gasteiger partial charge in [0.05, 0.1) is 19.8 Å². The lowest BCUT2D eigenvalue weighted by molar-refractivity contribution is -0.0467. The molecule has 1 aliphatic heterocycles. The van der Waals surface area contributed by atoms with Crippen LogP contribution in [0.1, 0.15) is 24.2 Å². The number of Topliss-reactive ketones (excluding diaryl/α,β-unsaturated/α-hetero) is 1. The lowest BCUT2D eigenvalue weighted by Gasteiger charge is -2.41. The van der Waals surface area contributed by atoms with E-state index in [4.69, 9.17) is 4.74 Å². The van der Waals surface area contributed by atoms with E-state index < -0.39 is 11.6 Å². The van der Waals surface area contributed by atoms with E-state index >= 15 is 0 Å². The van der Waals surface area contributed by atoms with Crippen molar-refractivity contribution >= 4 is 5.78 Å². The van der Waals surface area contributed by atoms with Crippen molar-refractivity contribution in [2.45, 2.75) is 19.4 Å². The normalized spacial score (nSPS) is 19.4. The van der Waals surface area contributed by atoms with Crippen LogP contribution in [0.15, 0.2) is 18.2 Å². The second-order valence-electron chi connectivity index (χ2n) is 5.34. The van der Waals surface area contributed by atoms with E-state index in [1.807, 2.05) is 18.7 Å². The molecule has 0 unspecified atom stereocenters. The fraction of sp³-hybridized carbons (Fsp3) is 0.500. The maximum Gasteiger partial charge on any atom is 0.176 e. The van der Waals surface area contributed by atoms with E-state index in [1.165, 1.54) is 6.07 Å². The van der Waals surface area contributed by atoms with E-state index in [1.54, 1.807) is 0 Å². The van der Waals surface area contributed by atoms with E-state index in [0.717, 1.165) is 12.1 Å². The van der Waals surface area contributed by atoms with Crippen molar-refractivity contribution in [3.8, 4) is 0 Å². The zero-order valence-corrected chi connectivity index (χ0v) is 11.1. The molecular weight excluding hydrogens is 252 g/mol. The van der Waals surface area contributed by atoms with Crippen molar-refractivity contribution in [1.82, 2.24) is 4.90 Å². The minimum Gasteiger partial charge on any atom is -0.378 e. The fourth-order valence-electron chi connectivity index (χ4n) is 2.12. The van der Waals surface area contributed by atoms with Gasteiger partial charge < -0.3 is 4.74 Å². The average molecular weight is 269 g/mol. The van der Waals surface area contributed by atoms with Crippen molar-refractivity contribution in [2.75, 3.05) is 26.3 Å². The van der Waals surface area contributed by atoms with Gasteiger partial charge in [-0.25, -0.2) is 8.78 Å². The Morgan fingerprint density at radius 1 is 1.37 bits per heavy atom.